The SMILES string of the molecule is C/N=C1/N=C(c2cc(N)cc(C(=O)N3CCNCC3)c2)O/C1=C/I. The van der Waals surface area contributed by atoms with Crippen LogP contribution in [0, 0.1) is 0 Å². The van der Waals surface area contributed by atoms with Crippen LogP contribution in [0.1, 0.15) is 15.9 Å². The molecule has 7 nitrogen and oxygen atoms in total. The average molecular weight is 439 g/mol. The van der Waals surface area contributed by atoms with Crippen LogP contribution in [-0.2, 0) is 4.74 Å². The highest BCUT2D eigenvalue weighted by Crippen LogP contribution is 2.22. The van der Waals surface area contributed by atoms with Crippen LogP contribution in [0.3, 0.4) is 0 Å². The lowest BCUT2D eigenvalue weighted by Gasteiger charge is -2.27. The zero-order valence-corrected chi connectivity index (χ0v) is 15.4. The molecule has 1 aromatic rings. The summed E-state index contributed by atoms with van der Waals surface area (Å²) in [4.78, 5) is 23.0. The number of aliphatic imine (C=N–C) groups is 2. The van der Waals surface area contributed by atoms with E-state index in [4.69, 9.17) is 10.5 Å². The van der Waals surface area contributed by atoms with Crippen LogP contribution >= 0.6 is 22.6 Å². The van der Waals surface area contributed by atoms with E-state index in [1.54, 1.807) is 29.3 Å². The fourth-order valence-corrected chi connectivity index (χ4v) is 3.03. The molecule has 126 valence electrons. The summed E-state index contributed by atoms with van der Waals surface area (Å²) < 4.78 is 7.49. The van der Waals surface area contributed by atoms with Gasteiger partial charge in [-0.15, -0.1) is 0 Å². The van der Waals surface area contributed by atoms with Gasteiger partial charge in [0.15, 0.2) is 11.6 Å². The number of nitrogen functional groups attached to an aromatic ring is 1. The number of ether oxygens (including phenoxy) is 1. The Kier molecular flexibility index (Phi) is 5.14. The van der Waals surface area contributed by atoms with Gasteiger partial charge in [-0.1, -0.05) is 0 Å². The van der Waals surface area contributed by atoms with Gasteiger partial charge >= 0.3 is 0 Å². The van der Waals surface area contributed by atoms with E-state index in [2.05, 4.69) is 37.9 Å². The van der Waals surface area contributed by atoms with E-state index in [0.717, 1.165) is 13.1 Å². The molecule has 0 saturated carbocycles. The van der Waals surface area contributed by atoms with Crippen LogP contribution < -0.4 is 11.1 Å². The van der Waals surface area contributed by atoms with Crippen LogP contribution in [0.2, 0.25) is 0 Å². The molecule has 8 heteroatoms. The second kappa shape index (κ2) is 7.31. The molecule has 1 aromatic carbocycles. The minimum atomic E-state index is -0.0299. The number of nitrogens with one attached hydrogen (secondary N) is 1. The molecular formula is C16H18IN5O2. The summed E-state index contributed by atoms with van der Waals surface area (Å²) in [5.74, 6) is 1.49. The number of amidine groups is 1. The largest absolute Gasteiger partial charge is 0.434 e. The minimum absolute atomic E-state index is 0.0299. The number of hydrogen-bond acceptors (Lipinski definition) is 5. The number of benzene rings is 1. The average Bonchev–Trinajstić information content (AvgIpc) is 3.05. The normalized spacial score (nSPS) is 21.1. The van der Waals surface area contributed by atoms with Crippen molar-refractivity contribution in [3.05, 3.63) is 39.2 Å². The number of carbonyl (C=O) groups excluding carboxylic acids is 1. The van der Waals surface area contributed by atoms with Crippen LogP contribution in [0.15, 0.2) is 38.0 Å². The molecule has 0 spiro atoms. The lowest BCUT2D eigenvalue weighted by Crippen LogP contribution is -2.46. The number of carbonyl (C=O) groups is 1. The summed E-state index contributed by atoms with van der Waals surface area (Å²) in [6.45, 7) is 2.98. The first-order chi connectivity index (χ1) is 11.6. The standard InChI is InChI=1S/C16H18IN5O2/c1-19-14-13(9-17)24-15(21-14)10-6-11(8-12(18)7-10)16(23)22-4-2-20-3-5-22/h6-9,20H,2-5,18H2,1H3/b13-9+,19-14+. The molecule has 1 amide bonds. The van der Waals surface area contributed by atoms with E-state index in [9.17, 15) is 4.79 Å². The number of rotatable bonds is 2. The Balaban J connectivity index is 1.91. The molecule has 0 aliphatic carbocycles. The topological polar surface area (TPSA) is 92.3 Å². The van der Waals surface area contributed by atoms with E-state index < -0.39 is 0 Å². The van der Waals surface area contributed by atoms with E-state index in [-0.39, 0.29) is 5.91 Å². The molecule has 2 aliphatic rings. The molecule has 0 bridgehead atoms. The molecule has 0 unspecified atom stereocenters. The third-order valence-electron chi connectivity index (χ3n) is 3.80. The molecule has 2 aliphatic heterocycles. The van der Waals surface area contributed by atoms with Crippen molar-refractivity contribution in [1.82, 2.24) is 10.2 Å². The summed E-state index contributed by atoms with van der Waals surface area (Å²) in [6, 6.07) is 5.20. The van der Waals surface area contributed by atoms with Gasteiger partial charge in [0.05, 0.1) is 0 Å². The molecular weight excluding hydrogens is 421 g/mol. The number of nitrogens with zero attached hydrogens (tertiary/aromatic N) is 3. The molecule has 0 radical (unpaired) electrons. The van der Waals surface area contributed by atoms with Crippen molar-refractivity contribution in [3.8, 4) is 0 Å². The zero-order chi connectivity index (χ0) is 17.1. The highest BCUT2D eigenvalue weighted by Gasteiger charge is 2.24. The maximum absolute atomic E-state index is 12.7. The Morgan fingerprint density at radius 1 is 1.42 bits per heavy atom. The van der Waals surface area contributed by atoms with Crippen LogP contribution in [-0.4, -0.2) is 55.8 Å². The van der Waals surface area contributed by atoms with Gasteiger partial charge in [0.25, 0.3) is 5.91 Å². The fraction of sp³-hybridized carbons (Fsp3) is 0.312. The molecule has 24 heavy (non-hydrogen) atoms. The summed E-state index contributed by atoms with van der Waals surface area (Å²) in [5, 5.41) is 3.23. The molecule has 1 fully saturated rings. The number of hydrogen-bond donors (Lipinski definition) is 2. The number of piperazine rings is 1. The van der Waals surface area contributed by atoms with Crippen LogP contribution in [0.5, 0.6) is 0 Å². The summed E-state index contributed by atoms with van der Waals surface area (Å²) in [6.07, 6.45) is 0. The molecule has 2 heterocycles. The van der Waals surface area contributed by atoms with Crippen LogP contribution in [0.25, 0.3) is 0 Å². The van der Waals surface area contributed by atoms with Crippen molar-refractivity contribution in [2.24, 2.45) is 9.98 Å². The highest BCUT2D eigenvalue weighted by molar-refractivity contribution is 14.1. The van der Waals surface area contributed by atoms with E-state index >= 15 is 0 Å². The first kappa shape index (κ1) is 16.9. The van der Waals surface area contributed by atoms with Gasteiger partial charge in [0, 0.05) is 54.1 Å². The number of anilines is 1. The van der Waals surface area contributed by atoms with Gasteiger partial charge in [0.2, 0.25) is 5.90 Å². The smallest absolute Gasteiger partial charge is 0.254 e. The maximum atomic E-state index is 12.7. The lowest BCUT2D eigenvalue weighted by atomic mass is 10.1. The Bertz CT molecular complexity index is 751. The third kappa shape index (κ3) is 3.44. The summed E-state index contributed by atoms with van der Waals surface area (Å²) in [5.41, 5.74) is 7.70. The minimum Gasteiger partial charge on any atom is -0.434 e. The molecule has 0 aromatic heterocycles. The molecule has 3 rings (SSSR count). The Morgan fingerprint density at radius 2 is 2.17 bits per heavy atom. The van der Waals surface area contributed by atoms with Crippen molar-refractivity contribution in [3.63, 3.8) is 0 Å². The molecule has 0 atom stereocenters. The fourth-order valence-electron chi connectivity index (χ4n) is 2.63. The van der Waals surface area contributed by atoms with Gasteiger partial charge in [-0.25, -0.2) is 0 Å². The number of nitrogens with two attached hydrogens (primary N) is 1. The van der Waals surface area contributed by atoms with Crippen molar-refractivity contribution in [2.45, 2.75) is 0 Å². The van der Waals surface area contributed by atoms with Crippen molar-refractivity contribution < 1.29 is 9.53 Å². The van der Waals surface area contributed by atoms with Gasteiger partial charge in [-0.2, -0.15) is 4.99 Å². The summed E-state index contributed by atoms with van der Waals surface area (Å²) >= 11 is 2.08. The van der Waals surface area contributed by atoms with Crippen molar-refractivity contribution in [2.75, 3.05) is 39.0 Å². The van der Waals surface area contributed by atoms with E-state index in [1.807, 2.05) is 4.90 Å². The van der Waals surface area contributed by atoms with E-state index in [1.165, 1.54) is 0 Å². The predicted octanol–water partition coefficient (Wildman–Crippen LogP) is 1.40. The third-order valence-corrected chi connectivity index (χ3v) is 4.36. The number of amides is 1. The van der Waals surface area contributed by atoms with Gasteiger partial charge in [-0.3, -0.25) is 9.79 Å². The highest BCUT2D eigenvalue weighted by atomic mass is 127. The summed E-state index contributed by atoms with van der Waals surface area (Å²) in [7, 11) is 1.66. The Labute approximate surface area is 153 Å². The quantitative estimate of drug-likeness (QED) is 0.539. The van der Waals surface area contributed by atoms with E-state index in [0.29, 0.717) is 47.4 Å². The predicted molar refractivity (Wildman–Crippen MR) is 103 cm³/mol. The van der Waals surface area contributed by atoms with Gasteiger partial charge in [0.1, 0.15) is 0 Å². The Morgan fingerprint density at radius 3 is 2.79 bits per heavy atom. The first-order valence-electron chi connectivity index (χ1n) is 7.57. The first-order valence-corrected chi connectivity index (χ1v) is 8.82. The zero-order valence-electron chi connectivity index (χ0n) is 13.3. The van der Waals surface area contributed by atoms with Gasteiger partial charge < -0.3 is 20.7 Å². The van der Waals surface area contributed by atoms with Crippen molar-refractivity contribution >= 4 is 45.9 Å². The monoisotopic (exact) mass is 439 g/mol. The lowest BCUT2D eigenvalue weighted by molar-refractivity contribution is 0.0736. The second-order valence-electron chi connectivity index (χ2n) is 5.43. The second-order valence-corrected chi connectivity index (χ2v) is 6.05. The maximum Gasteiger partial charge on any atom is 0.254 e. The Hall–Kier alpha value is -1.94. The van der Waals surface area contributed by atoms with Crippen molar-refractivity contribution in [1.29, 1.82) is 0 Å². The molecule has 1 saturated heterocycles. The van der Waals surface area contributed by atoms with Crippen LogP contribution in [0.4, 0.5) is 5.69 Å². The molecule has 3 N–H and O–H groups in total. The number of halogens is 1. The van der Waals surface area contributed by atoms with Gasteiger partial charge in [-0.05, 0) is 40.8 Å².